The van der Waals surface area contributed by atoms with Gasteiger partial charge in [0.05, 0.1) is 11.3 Å². The van der Waals surface area contributed by atoms with Crippen LogP contribution in [-0.2, 0) is 7.05 Å². The summed E-state index contributed by atoms with van der Waals surface area (Å²) in [5.74, 6) is -0.175. The highest BCUT2D eigenvalue weighted by Gasteiger charge is 2.21. The maximum absolute atomic E-state index is 12.4. The van der Waals surface area contributed by atoms with Crippen molar-refractivity contribution in [3.05, 3.63) is 17.5 Å². The van der Waals surface area contributed by atoms with Gasteiger partial charge in [-0.2, -0.15) is 5.10 Å². The third kappa shape index (κ3) is 3.46. The second-order valence-corrected chi connectivity index (χ2v) is 4.57. The Morgan fingerprint density at radius 2 is 2.32 bits per heavy atom. The first kappa shape index (κ1) is 15.0. The van der Waals surface area contributed by atoms with Crippen molar-refractivity contribution in [2.75, 3.05) is 13.1 Å². The molecule has 1 unspecified atom stereocenters. The van der Waals surface area contributed by atoms with Crippen LogP contribution in [0.15, 0.2) is 11.4 Å². The number of rotatable bonds is 5. The van der Waals surface area contributed by atoms with Gasteiger partial charge in [0.1, 0.15) is 5.84 Å². The fraction of sp³-hybridized carbons (Fsp3) is 0.583. The molecule has 0 radical (unpaired) electrons. The van der Waals surface area contributed by atoms with E-state index >= 15 is 0 Å². The minimum atomic E-state index is -0.203. The number of carbonyl (C=O) groups excluding carboxylic acids is 1. The number of hydrogen-bond acceptors (Lipinski definition) is 4. The van der Waals surface area contributed by atoms with Crippen LogP contribution in [0.2, 0.25) is 0 Å². The molecular formula is C12H21N5O2. The van der Waals surface area contributed by atoms with E-state index in [0.717, 1.165) is 0 Å². The molecule has 1 aromatic rings. The molecule has 0 saturated heterocycles. The average molecular weight is 267 g/mol. The highest BCUT2D eigenvalue weighted by atomic mass is 16.4. The summed E-state index contributed by atoms with van der Waals surface area (Å²) in [6.45, 7) is 6.45. The highest BCUT2D eigenvalue weighted by molar-refractivity contribution is 5.95. The molecule has 0 saturated carbocycles. The third-order valence-corrected chi connectivity index (χ3v) is 3.03. The molecule has 0 aliphatic carbocycles. The molecule has 7 nitrogen and oxygen atoms in total. The number of aromatic nitrogens is 2. The number of carbonyl (C=O) groups is 1. The van der Waals surface area contributed by atoms with Crippen LogP contribution >= 0.6 is 0 Å². The van der Waals surface area contributed by atoms with E-state index in [2.05, 4.69) is 10.3 Å². The lowest BCUT2D eigenvalue weighted by Crippen LogP contribution is -2.38. The number of hydrogen-bond donors (Lipinski definition) is 2. The molecule has 1 amide bonds. The minimum Gasteiger partial charge on any atom is -0.409 e. The van der Waals surface area contributed by atoms with E-state index in [1.165, 1.54) is 0 Å². The molecule has 19 heavy (non-hydrogen) atoms. The average Bonchev–Trinajstić information content (AvgIpc) is 2.72. The van der Waals surface area contributed by atoms with Crippen molar-refractivity contribution >= 4 is 11.7 Å². The number of oxime groups is 1. The largest absolute Gasteiger partial charge is 0.409 e. The van der Waals surface area contributed by atoms with Gasteiger partial charge in [-0.3, -0.25) is 9.48 Å². The molecule has 0 bridgehead atoms. The van der Waals surface area contributed by atoms with Crippen LogP contribution in [0.1, 0.15) is 29.9 Å². The molecule has 1 rings (SSSR count). The van der Waals surface area contributed by atoms with Crippen LogP contribution in [0, 0.1) is 12.8 Å². The number of amidine groups is 1. The Bertz CT molecular complexity index is 480. The summed E-state index contributed by atoms with van der Waals surface area (Å²) in [6, 6.07) is 0. The summed E-state index contributed by atoms with van der Waals surface area (Å²) in [6.07, 6.45) is 1.70. The lowest BCUT2D eigenvalue weighted by Gasteiger charge is -2.23. The molecule has 3 N–H and O–H groups in total. The molecule has 0 fully saturated rings. The maximum Gasteiger partial charge on any atom is 0.257 e. The zero-order valence-corrected chi connectivity index (χ0v) is 11.8. The van der Waals surface area contributed by atoms with Crippen molar-refractivity contribution in [1.82, 2.24) is 14.7 Å². The van der Waals surface area contributed by atoms with Gasteiger partial charge in [-0.15, -0.1) is 0 Å². The second kappa shape index (κ2) is 6.21. The molecule has 0 spiro atoms. The van der Waals surface area contributed by atoms with Crippen LogP contribution in [0.3, 0.4) is 0 Å². The van der Waals surface area contributed by atoms with Gasteiger partial charge in [-0.05, 0) is 13.8 Å². The van der Waals surface area contributed by atoms with Crippen molar-refractivity contribution in [2.45, 2.75) is 20.8 Å². The Balaban J connectivity index is 2.86. The Kier molecular flexibility index (Phi) is 4.91. The Labute approximate surface area is 112 Å². The first-order valence-electron chi connectivity index (χ1n) is 6.17. The van der Waals surface area contributed by atoms with E-state index in [-0.39, 0.29) is 17.7 Å². The number of amides is 1. The summed E-state index contributed by atoms with van der Waals surface area (Å²) in [4.78, 5) is 14.0. The van der Waals surface area contributed by atoms with Crippen molar-refractivity contribution < 1.29 is 10.0 Å². The Morgan fingerprint density at radius 1 is 1.68 bits per heavy atom. The molecule has 1 aromatic heterocycles. The molecule has 0 aliphatic heterocycles. The molecule has 1 atom stereocenters. The first-order valence-corrected chi connectivity index (χ1v) is 6.17. The number of nitrogens with zero attached hydrogens (tertiary/aromatic N) is 4. The van der Waals surface area contributed by atoms with E-state index in [4.69, 9.17) is 10.9 Å². The molecule has 1 heterocycles. The quantitative estimate of drug-likeness (QED) is 0.353. The van der Waals surface area contributed by atoms with E-state index in [1.807, 2.05) is 6.92 Å². The summed E-state index contributed by atoms with van der Waals surface area (Å²) in [5.41, 5.74) is 6.81. The van der Waals surface area contributed by atoms with Crippen LogP contribution in [0.25, 0.3) is 0 Å². The van der Waals surface area contributed by atoms with Crippen LogP contribution in [0.4, 0.5) is 0 Å². The van der Waals surface area contributed by atoms with Crippen LogP contribution in [0.5, 0.6) is 0 Å². The molecular weight excluding hydrogens is 246 g/mol. The summed E-state index contributed by atoms with van der Waals surface area (Å²) in [7, 11) is 1.78. The van der Waals surface area contributed by atoms with E-state index in [9.17, 15) is 4.79 Å². The smallest absolute Gasteiger partial charge is 0.257 e. The fourth-order valence-electron chi connectivity index (χ4n) is 1.86. The van der Waals surface area contributed by atoms with Crippen molar-refractivity contribution in [3.8, 4) is 0 Å². The van der Waals surface area contributed by atoms with Crippen molar-refractivity contribution in [3.63, 3.8) is 0 Å². The molecule has 7 heteroatoms. The standard InChI is InChI=1S/C12H21N5O2/c1-5-17(6-8(2)11(13)15-19)12(18)10-7-16(4)14-9(10)3/h7-8,19H,5-6H2,1-4H3,(H2,13,15). The third-order valence-electron chi connectivity index (χ3n) is 3.03. The van der Waals surface area contributed by atoms with Gasteiger partial charge in [0.2, 0.25) is 0 Å². The highest BCUT2D eigenvalue weighted by Crippen LogP contribution is 2.11. The predicted octanol–water partition coefficient (Wildman–Crippen LogP) is 0.573. The lowest BCUT2D eigenvalue weighted by atomic mass is 10.1. The van der Waals surface area contributed by atoms with Crippen molar-refractivity contribution in [1.29, 1.82) is 0 Å². The van der Waals surface area contributed by atoms with Gasteiger partial charge in [0.15, 0.2) is 0 Å². The van der Waals surface area contributed by atoms with Crippen molar-refractivity contribution in [2.24, 2.45) is 23.9 Å². The molecule has 0 aliphatic rings. The molecule has 0 aromatic carbocycles. The second-order valence-electron chi connectivity index (χ2n) is 4.57. The fourth-order valence-corrected chi connectivity index (χ4v) is 1.86. The van der Waals surface area contributed by atoms with Crippen LogP contribution < -0.4 is 5.73 Å². The zero-order chi connectivity index (χ0) is 14.6. The topological polar surface area (TPSA) is 96.7 Å². The van der Waals surface area contributed by atoms with E-state index in [0.29, 0.717) is 24.3 Å². The Morgan fingerprint density at radius 3 is 2.74 bits per heavy atom. The SMILES string of the molecule is CCN(CC(C)C(N)=NO)C(=O)c1cn(C)nc1C. The van der Waals surface area contributed by atoms with Gasteiger partial charge in [0, 0.05) is 32.3 Å². The zero-order valence-electron chi connectivity index (χ0n) is 11.8. The first-order chi connectivity index (χ1) is 8.90. The normalized spacial score (nSPS) is 13.4. The minimum absolute atomic E-state index is 0.0920. The summed E-state index contributed by atoms with van der Waals surface area (Å²) >= 11 is 0. The van der Waals surface area contributed by atoms with Gasteiger partial charge < -0.3 is 15.8 Å². The van der Waals surface area contributed by atoms with Gasteiger partial charge in [-0.25, -0.2) is 0 Å². The van der Waals surface area contributed by atoms with Gasteiger partial charge >= 0.3 is 0 Å². The van der Waals surface area contributed by atoms with E-state index < -0.39 is 0 Å². The summed E-state index contributed by atoms with van der Waals surface area (Å²) in [5, 5.41) is 15.8. The van der Waals surface area contributed by atoms with Crippen LogP contribution in [-0.4, -0.2) is 44.7 Å². The maximum atomic E-state index is 12.4. The Hall–Kier alpha value is -2.05. The van der Waals surface area contributed by atoms with Gasteiger partial charge in [0.25, 0.3) is 5.91 Å². The lowest BCUT2D eigenvalue weighted by molar-refractivity contribution is 0.0753. The van der Waals surface area contributed by atoms with E-state index in [1.54, 1.807) is 36.7 Å². The number of nitrogens with two attached hydrogens (primary N) is 1. The predicted molar refractivity (Wildman–Crippen MR) is 72.1 cm³/mol. The number of aryl methyl sites for hydroxylation is 2. The van der Waals surface area contributed by atoms with Gasteiger partial charge in [-0.1, -0.05) is 12.1 Å². The molecule has 106 valence electrons. The summed E-state index contributed by atoms with van der Waals surface area (Å²) < 4.78 is 1.61. The monoisotopic (exact) mass is 267 g/mol.